The summed E-state index contributed by atoms with van der Waals surface area (Å²) in [5.41, 5.74) is 0.437. The molecule has 21 heavy (non-hydrogen) atoms. The predicted octanol–water partition coefficient (Wildman–Crippen LogP) is 2.00. The maximum absolute atomic E-state index is 11.8. The molecule has 5 nitrogen and oxygen atoms in total. The van der Waals surface area contributed by atoms with Crippen molar-refractivity contribution in [3.63, 3.8) is 0 Å². The van der Waals surface area contributed by atoms with E-state index in [2.05, 4.69) is 35.6 Å². The minimum atomic E-state index is -0.130. The van der Waals surface area contributed by atoms with Crippen molar-refractivity contribution in [2.24, 2.45) is 0 Å². The van der Waals surface area contributed by atoms with Crippen LogP contribution >= 0.6 is 0 Å². The lowest BCUT2D eigenvalue weighted by Gasteiger charge is -2.40. The molecule has 0 bridgehead atoms. The Labute approximate surface area is 126 Å². The van der Waals surface area contributed by atoms with Crippen molar-refractivity contribution in [2.75, 3.05) is 31.1 Å². The molecule has 114 valence electrons. The minimum absolute atomic E-state index is 0.125. The highest BCUT2D eigenvalue weighted by atomic mass is 16.5. The quantitative estimate of drug-likeness (QED) is 0.842. The van der Waals surface area contributed by atoms with Gasteiger partial charge in [-0.05, 0) is 25.5 Å². The number of aromatic nitrogens is 1. The van der Waals surface area contributed by atoms with Crippen molar-refractivity contribution in [2.45, 2.75) is 25.9 Å². The Balaban J connectivity index is 2.05. The number of carbonyl (C=O) groups is 1. The van der Waals surface area contributed by atoms with Gasteiger partial charge in [-0.25, -0.2) is 4.98 Å². The Hall–Kier alpha value is -1.88. The lowest BCUT2D eigenvalue weighted by atomic mass is 10.0. The highest BCUT2D eigenvalue weighted by Crippen LogP contribution is 2.24. The number of rotatable bonds is 5. The Kier molecular flexibility index (Phi) is 4.96. The summed E-state index contributed by atoms with van der Waals surface area (Å²) in [6.45, 7) is 10.6. The Morgan fingerprint density at radius 1 is 1.62 bits per heavy atom. The number of anilines is 1. The lowest BCUT2D eigenvalue weighted by Crippen LogP contribution is -2.50. The number of hydrogen-bond acceptors (Lipinski definition) is 4. The molecule has 1 unspecified atom stereocenters. The molecule has 2 rings (SSSR count). The van der Waals surface area contributed by atoms with Crippen LogP contribution in [0.25, 0.3) is 0 Å². The molecule has 1 N–H and O–H groups in total. The second-order valence-corrected chi connectivity index (χ2v) is 5.48. The van der Waals surface area contributed by atoms with Crippen molar-refractivity contribution in [3.8, 4) is 0 Å². The monoisotopic (exact) mass is 289 g/mol. The highest BCUT2D eigenvalue weighted by molar-refractivity contribution is 5.94. The molecular weight excluding hydrogens is 266 g/mol. The molecule has 1 aromatic heterocycles. The molecule has 0 saturated carbocycles. The van der Waals surface area contributed by atoms with Crippen LogP contribution in [0.5, 0.6) is 0 Å². The van der Waals surface area contributed by atoms with Gasteiger partial charge < -0.3 is 15.0 Å². The third-order valence-electron chi connectivity index (χ3n) is 3.83. The van der Waals surface area contributed by atoms with Gasteiger partial charge in [0.15, 0.2) is 0 Å². The standard InChI is InChI=1S/C16H23N3O2/c1-4-8-17-15(20)13-6-7-14(18-11-13)19-9-10-21-16(3,5-2)12-19/h4,6-7,11H,1,5,8-10,12H2,2-3H3,(H,17,20). The Bertz CT molecular complexity index is 501. The number of morpholine rings is 1. The molecule has 0 spiro atoms. The molecule has 0 aromatic carbocycles. The number of nitrogens with zero attached hydrogens (tertiary/aromatic N) is 2. The molecule has 0 aliphatic carbocycles. The summed E-state index contributed by atoms with van der Waals surface area (Å²) in [5.74, 6) is 0.757. The van der Waals surface area contributed by atoms with E-state index in [1.165, 1.54) is 0 Å². The van der Waals surface area contributed by atoms with Crippen LogP contribution in [0.4, 0.5) is 5.82 Å². The zero-order valence-corrected chi connectivity index (χ0v) is 12.8. The number of pyridine rings is 1. The van der Waals surface area contributed by atoms with Gasteiger partial charge in [-0.15, -0.1) is 6.58 Å². The van der Waals surface area contributed by atoms with E-state index < -0.39 is 0 Å². The normalized spacial score (nSPS) is 21.9. The summed E-state index contributed by atoms with van der Waals surface area (Å²) in [6, 6.07) is 3.70. The molecule has 0 radical (unpaired) electrons. The first kappa shape index (κ1) is 15.5. The highest BCUT2D eigenvalue weighted by Gasteiger charge is 2.30. The van der Waals surface area contributed by atoms with Gasteiger partial charge in [0.2, 0.25) is 0 Å². The summed E-state index contributed by atoms with van der Waals surface area (Å²) in [4.78, 5) is 18.4. The summed E-state index contributed by atoms with van der Waals surface area (Å²) in [5, 5.41) is 2.74. The molecule has 2 heterocycles. The van der Waals surface area contributed by atoms with Crippen LogP contribution in [0.2, 0.25) is 0 Å². The van der Waals surface area contributed by atoms with Crippen LogP contribution in [0, 0.1) is 0 Å². The summed E-state index contributed by atoms with van der Waals surface area (Å²) in [7, 11) is 0. The van der Waals surface area contributed by atoms with Gasteiger partial charge in [-0.3, -0.25) is 4.79 Å². The number of hydrogen-bond donors (Lipinski definition) is 1. The molecule has 1 fully saturated rings. The van der Waals surface area contributed by atoms with Crippen LogP contribution in [0.15, 0.2) is 31.0 Å². The molecule has 5 heteroatoms. The van der Waals surface area contributed by atoms with Gasteiger partial charge in [0.05, 0.1) is 17.8 Å². The average molecular weight is 289 g/mol. The third-order valence-corrected chi connectivity index (χ3v) is 3.83. The van der Waals surface area contributed by atoms with Crippen LogP contribution < -0.4 is 10.2 Å². The molecular formula is C16H23N3O2. The third kappa shape index (κ3) is 3.82. The molecule has 1 saturated heterocycles. The molecule has 1 aliphatic heterocycles. The number of ether oxygens (including phenoxy) is 1. The fraction of sp³-hybridized carbons (Fsp3) is 0.500. The lowest BCUT2D eigenvalue weighted by molar-refractivity contribution is -0.0443. The zero-order valence-electron chi connectivity index (χ0n) is 12.8. The predicted molar refractivity (Wildman–Crippen MR) is 83.6 cm³/mol. The van der Waals surface area contributed by atoms with Crippen LogP contribution in [0.1, 0.15) is 30.6 Å². The van der Waals surface area contributed by atoms with E-state index >= 15 is 0 Å². The van der Waals surface area contributed by atoms with Gasteiger partial charge in [-0.2, -0.15) is 0 Å². The first-order chi connectivity index (χ1) is 10.1. The first-order valence-electron chi connectivity index (χ1n) is 7.32. The van der Waals surface area contributed by atoms with Crippen molar-refractivity contribution in [1.29, 1.82) is 0 Å². The summed E-state index contributed by atoms with van der Waals surface area (Å²) in [6.07, 6.45) is 4.23. The smallest absolute Gasteiger partial charge is 0.253 e. The second kappa shape index (κ2) is 6.72. The largest absolute Gasteiger partial charge is 0.372 e. The van der Waals surface area contributed by atoms with Crippen LogP contribution in [0.3, 0.4) is 0 Å². The molecule has 1 aromatic rings. The van der Waals surface area contributed by atoms with E-state index in [4.69, 9.17) is 4.74 Å². The second-order valence-electron chi connectivity index (χ2n) is 5.48. The number of amides is 1. The SMILES string of the molecule is C=CCNC(=O)c1ccc(N2CCOC(C)(CC)C2)nc1. The summed E-state index contributed by atoms with van der Waals surface area (Å²) < 4.78 is 5.83. The van der Waals surface area contributed by atoms with Crippen molar-refractivity contribution in [3.05, 3.63) is 36.5 Å². The van der Waals surface area contributed by atoms with Crippen molar-refractivity contribution in [1.82, 2.24) is 10.3 Å². The Morgan fingerprint density at radius 2 is 2.43 bits per heavy atom. The summed E-state index contributed by atoms with van der Waals surface area (Å²) >= 11 is 0. The van der Waals surface area contributed by atoms with Gasteiger partial charge in [0, 0.05) is 25.8 Å². The van der Waals surface area contributed by atoms with E-state index in [0.29, 0.717) is 18.7 Å². The topological polar surface area (TPSA) is 54.5 Å². The van der Waals surface area contributed by atoms with Crippen molar-refractivity contribution < 1.29 is 9.53 Å². The fourth-order valence-electron chi connectivity index (χ4n) is 2.31. The van der Waals surface area contributed by atoms with Gasteiger partial charge >= 0.3 is 0 Å². The maximum Gasteiger partial charge on any atom is 0.253 e. The van der Waals surface area contributed by atoms with E-state index in [0.717, 1.165) is 25.3 Å². The van der Waals surface area contributed by atoms with Gasteiger partial charge in [0.1, 0.15) is 5.82 Å². The van der Waals surface area contributed by atoms with E-state index in [-0.39, 0.29) is 11.5 Å². The Morgan fingerprint density at radius 3 is 3.05 bits per heavy atom. The van der Waals surface area contributed by atoms with Crippen LogP contribution in [-0.4, -0.2) is 42.7 Å². The average Bonchev–Trinajstić information content (AvgIpc) is 2.53. The minimum Gasteiger partial charge on any atom is -0.372 e. The fourth-order valence-corrected chi connectivity index (χ4v) is 2.31. The van der Waals surface area contributed by atoms with E-state index in [1.54, 1.807) is 18.3 Å². The molecule has 1 aliphatic rings. The van der Waals surface area contributed by atoms with E-state index in [9.17, 15) is 4.79 Å². The maximum atomic E-state index is 11.8. The van der Waals surface area contributed by atoms with E-state index in [1.807, 2.05) is 6.07 Å². The van der Waals surface area contributed by atoms with Crippen molar-refractivity contribution >= 4 is 11.7 Å². The molecule has 1 amide bonds. The molecule has 1 atom stereocenters. The number of nitrogens with one attached hydrogen (secondary N) is 1. The zero-order chi connectivity index (χ0) is 15.3. The first-order valence-corrected chi connectivity index (χ1v) is 7.32. The van der Waals surface area contributed by atoms with Crippen LogP contribution in [-0.2, 0) is 4.74 Å². The van der Waals surface area contributed by atoms with Gasteiger partial charge in [0.25, 0.3) is 5.91 Å². The number of carbonyl (C=O) groups excluding carboxylic acids is 1. The van der Waals surface area contributed by atoms with Gasteiger partial charge in [-0.1, -0.05) is 13.0 Å².